The summed E-state index contributed by atoms with van der Waals surface area (Å²) in [4.78, 5) is 154. The fraction of sp³-hybridized carbons (Fsp3) is 0.786. The van der Waals surface area contributed by atoms with Crippen LogP contribution in [0.4, 0.5) is 35.9 Å². The highest BCUT2D eigenvalue weighted by atomic mass is 35.5. The molecule has 87 heavy (non-hydrogen) atoms. The van der Waals surface area contributed by atoms with Crippen LogP contribution >= 0.6 is 12.4 Å². The molecule has 3 saturated heterocycles. The SMILES string of the molecule is CC(C)(C)[C@H](N)C(=O)N1C[C@H]2[C@@H]([C@H]1C(=O)NC(CC1CC1)C(=O)C(N)=O)C2(C)C.CC(C)(C)[C@H](NC(=O)OC(C)(C)C(F)(F)F)C(=O)N1C[C@H]2[C@@H]([C@H]1C(=O)NC(CC1CC1)C(=O)C(N)=O)C2(C)C.CC(C)(OC(=O)ON1C(=O)CCC1=O)C(F)(F)F.Cl. The predicted octanol–water partition coefficient (Wildman–Crippen LogP) is 4.44. The molecule has 7 aliphatic rings. The Labute approximate surface area is 506 Å². The summed E-state index contributed by atoms with van der Waals surface area (Å²) in [6.07, 6.45) is -8.78. The molecule has 0 aromatic rings. The summed E-state index contributed by atoms with van der Waals surface area (Å²) in [7, 11) is 0. The summed E-state index contributed by atoms with van der Waals surface area (Å²) in [5.41, 5.74) is 9.26. The molecule has 4 saturated carbocycles. The number of ketones is 2. The van der Waals surface area contributed by atoms with Gasteiger partial charge in [-0.05, 0) is 97.7 Å². The fourth-order valence-corrected chi connectivity index (χ4v) is 11.1. The standard InChI is InChI=1S/C26H39F3N4O6.C21H34N4O4.C9H10F3NO5.ClH/c1-23(2,3)18(32-22(38)39-25(6,7)26(27,28)29)21(37)33-11-13-15(24(13,4)5)16(33)20(36)31-14(10-12-8-9-12)17(34)19(30)35;1-20(2,3)16(22)19(29)25-9-11-13(21(11,4)5)14(25)18(28)24-12(8-10-6-7-10)15(26)17(23)27;1-8(2,9(10,11)12)17-7(16)18-13-5(14)3-4-6(13)15;/h12-16,18H,8-11H2,1-7H3,(H2,30,35)(H,31,36)(H,32,38);10-14,16H,6-9,22H2,1-5H3,(H2,23,27)(H,24,28);3-4H2,1-2H3;1H/t13-,14?,15-,16-,18+;11-,12?,13-,14-,16+;;/m00../s1. The zero-order valence-electron chi connectivity index (χ0n) is 51.4. The normalized spacial score (nSPS) is 24.9. The number of halogens is 7. The van der Waals surface area contributed by atoms with Gasteiger partial charge >= 0.3 is 24.6 Å². The highest BCUT2D eigenvalue weighted by Gasteiger charge is 2.71. The minimum Gasteiger partial charge on any atom is -0.434 e. The van der Waals surface area contributed by atoms with E-state index in [1.807, 2.05) is 34.6 Å². The Kier molecular flexibility index (Phi) is 21.6. The first-order chi connectivity index (χ1) is 38.9. The second-order valence-electron chi connectivity index (χ2n) is 27.9. The average molecular weight is 1270 g/mol. The van der Waals surface area contributed by atoms with E-state index in [1.165, 1.54) is 4.90 Å². The van der Waals surface area contributed by atoms with Crippen molar-refractivity contribution in [3.8, 4) is 0 Å². The number of fused-ring (bicyclic) bond motifs is 2. The number of nitrogens with zero attached hydrogens (tertiary/aromatic N) is 3. The maximum absolute atomic E-state index is 13.8. The van der Waals surface area contributed by atoms with Crippen molar-refractivity contribution in [1.29, 1.82) is 0 Å². The number of rotatable bonds is 18. The van der Waals surface area contributed by atoms with E-state index in [4.69, 9.17) is 17.2 Å². The molecule has 10 atom stereocenters. The Balaban J connectivity index is 0.000000297. The van der Waals surface area contributed by atoms with Gasteiger partial charge in [0.25, 0.3) is 23.6 Å². The van der Waals surface area contributed by atoms with E-state index in [0.29, 0.717) is 46.6 Å². The molecule has 31 heteroatoms. The van der Waals surface area contributed by atoms with Crippen molar-refractivity contribution >= 4 is 83.5 Å². The number of alkyl halides is 6. The molecule has 7 fully saturated rings. The predicted molar refractivity (Wildman–Crippen MR) is 296 cm³/mol. The molecule has 0 aromatic heterocycles. The highest BCUT2D eigenvalue weighted by molar-refractivity contribution is 6.38. The van der Waals surface area contributed by atoms with Crippen molar-refractivity contribution in [2.24, 2.45) is 74.4 Å². The van der Waals surface area contributed by atoms with E-state index < -0.39 is 136 Å². The number of Topliss-reactive ketones (excluding diaryl/α,β-unsaturated/α-hetero) is 2. The van der Waals surface area contributed by atoms with Crippen LogP contribution in [0, 0.1) is 57.2 Å². The molecule has 3 aliphatic heterocycles. The smallest absolute Gasteiger partial charge is 0.434 e. The van der Waals surface area contributed by atoms with E-state index in [9.17, 15) is 83.9 Å². The average Bonchev–Trinajstić information content (AvgIpc) is 1.54. The van der Waals surface area contributed by atoms with Crippen LogP contribution in [0.2, 0.25) is 0 Å². The fourth-order valence-electron chi connectivity index (χ4n) is 11.1. The Bertz CT molecular complexity index is 2720. The number of alkyl carbamates (subject to hydrolysis) is 1. The number of amides is 9. The Hall–Kier alpha value is -6.33. The molecule has 492 valence electrons. The van der Waals surface area contributed by atoms with Gasteiger partial charge in [-0.3, -0.25) is 52.8 Å². The maximum atomic E-state index is 13.8. The van der Waals surface area contributed by atoms with Crippen molar-refractivity contribution in [2.45, 2.75) is 208 Å². The number of nitrogens with one attached hydrogen (secondary N) is 3. The van der Waals surface area contributed by atoms with Gasteiger partial charge in [-0.2, -0.15) is 26.3 Å². The van der Waals surface area contributed by atoms with Crippen LogP contribution in [0.3, 0.4) is 0 Å². The van der Waals surface area contributed by atoms with E-state index in [2.05, 4.69) is 44.1 Å². The molecule has 3 heterocycles. The maximum Gasteiger partial charge on any atom is 0.534 e. The molecule has 0 radical (unpaired) electrons. The molecule has 0 bridgehead atoms. The van der Waals surface area contributed by atoms with Crippen LogP contribution in [-0.4, -0.2) is 159 Å². The van der Waals surface area contributed by atoms with E-state index >= 15 is 0 Å². The van der Waals surface area contributed by atoms with Crippen molar-refractivity contribution in [3.05, 3.63) is 0 Å². The summed E-state index contributed by atoms with van der Waals surface area (Å²) in [6.45, 7) is 21.9. The number of piperidine rings is 2. The second kappa shape index (κ2) is 25.6. The third-order valence-electron chi connectivity index (χ3n) is 17.6. The minimum absolute atomic E-state index is 0. The van der Waals surface area contributed by atoms with Gasteiger partial charge in [-0.1, -0.05) is 100.0 Å². The number of likely N-dealkylation sites (tertiary alicyclic amines) is 2. The molecule has 9 amide bonds. The lowest BCUT2D eigenvalue weighted by atomic mass is 9.85. The summed E-state index contributed by atoms with van der Waals surface area (Å²) >= 11 is 0. The summed E-state index contributed by atoms with van der Waals surface area (Å²) in [5, 5.41) is 7.77. The lowest BCUT2D eigenvalue weighted by molar-refractivity contribution is -0.256. The highest BCUT2D eigenvalue weighted by Crippen LogP contribution is 2.66. The van der Waals surface area contributed by atoms with Crippen LogP contribution in [0.5, 0.6) is 0 Å². The van der Waals surface area contributed by atoms with E-state index in [1.54, 1.807) is 25.7 Å². The van der Waals surface area contributed by atoms with Crippen LogP contribution in [0.15, 0.2) is 0 Å². The van der Waals surface area contributed by atoms with Crippen LogP contribution in [0.25, 0.3) is 0 Å². The number of hydrogen-bond donors (Lipinski definition) is 6. The first-order valence-corrected chi connectivity index (χ1v) is 28.4. The number of carbonyl (C=O) groups is 12. The molecule has 0 aromatic carbocycles. The van der Waals surface area contributed by atoms with Gasteiger partial charge in [0.2, 0.25) is 46.4 Å². The molecule has 9 N–H and O–H groups in total. The van der Waals surface area contributed by atoms with Gasteiger partial charge in [-0.25, -0.2) is 9.59 Å². The summed E-state index contributed by atoms with van der Waals surface area (Å²) < 4.78 is 85.5. The number of hydrogen-bond acceptors (Lipinski definition) is 16. The van der Waals surface area contributed by atoms with Gasteiger partial charge in [0.1, 0.15) is 18.1 Å². The molecule has 4 aliphatic carbocycles. The third kappa shape index (κ3) is 16.9. The Morgan fingerprint density at radius 2 is 0.931 bits per heavy atom. The largest absolute Gasteiger partial charge is 0.534 e. The quantitative estimate of drug-likeness (QED) is 0.0478. The number of hydroxylamine groups is 2. The molecule has 2 unspecified atom stereocenters. The van der Waals surface area contributed by atoms with Gasteiger partial charge in [-0.15, -0.1) is 12.4 Å². The van der Waals surface area contributed by atoms with E-state index in [-0.39, 0.29) is 89.6 Å². The number of nitrogens with two attached hydrogens (primary N) is 3. The monoisotopic (exact) mass is 1270 g/mol. The molecular weight excluding hydrogens is 1190 g/mol. The zero-order valence-corrected chi connectivity index (χ0v) is 52.2. The van der Waals surface area contributed by atoms with Gasteiger partial charge in [0.05, 0.1) is 18.1 Å². The van der Waals surface area contributed by atoms with Crippen molar-refractivity contribution < 1.29 is 98.2 Å². The third-order valence-corrected chi connectivity index (χ3v) is 17.6. The van der Waals surface area contributed by atoms with Gasteiger partial charge in [0, 0.05) is 25.9 Å². The second-order valence-corrected chi connectivity index (χ2v) is 27.9. The molecule has 7 rings (SSSR count). The number of ether oxygens (including phenoxy) is 2. The van der Waals surface area contributed by atoms with E-state index in [0.717, 1.165) is 25.7 Å². The first kappa shape index (κ1) is 73.1. The Morgan fingerprint density at radius 1 is 0.575 bits per heavy atom. The first-order valence-electron chi connectivity index (χ1n) is 28.4. The van der Waals surface area contributed by atoms with Gasteiger partial charge in [0.15, 0.2) is 0 Å². The molecule has 24 nitrogen and oxygen atoms in total. The lowest BCUT2D eigenvalue weighted by Gasteiger charge is -2.38. The zero-order chi connectivity index (χ0) is 65.9. The number of imide groups is 1. The molecule has 0 spiro atoms. The van der Waals surface area contributed by atoms with Crippen molar-refractivity contribution in [2.75, 3.05) is 13.1 Å². The minimum atomic E-state index is -4.84. The van der Waals surface area contributed by atoms with Crippen LogP contribution in [0.1, 0.15) is 148 Å². The lowest BCUT2D eigenvalue weighted by Crippen LogP contribution is -2.61. The van der Waals surface area contributed by atoms with Crippen molar-refractivity contribution in [3.63, 3.8) is 0 Å². The number of carbonyl (C=O) groups excluding carboxylic acids is 12. The summed E-state index contributed by atoms with van der Waals surface area (Å²) in [6, 6.07) is -5.78. The Morgan fingerprint density at radius 3 is 1.25 bits per heavy atom. The molecular formula is C56H84ClF6N9O15. The number of primary amides is 2. The topological polar surface area (TPSA) is 356 Å². The van der Waals surface area contributed by atoms with Crippen LogP contribution < -0.4 is 33.2 Å². The van der Waals surface area contributed by atoms with Crippen molar-refractivity contribution in [1.82, 2.24) is 30.8 Å². The summed E-state index contributed by atoms with van der Waals surface area (Å²) in [5.74, 6) is -6.96. The van der Waals surface area contributed by atoms with Gasteiger partial charge < -0.3 is 52.4 Å². The van der Waals surface area contributed by atoms with Crippen LogP contribution in [-0.2, 0) is 62.3 Å².